The highest BCUT2D eigenvalue weighted by atomic mass is 35.5. The van der Waals surface area contributed by atoms with Crippen LogP contribution in [-0.2, 0) is 32.0 Å². The van der Waals surface area contributed by atoms with E-state index in [0.717, 1.165) is 32.8 Å². The van der Waals surface area contributed by atoms with Crippen molar-refractivity contribution < 1.29 is 42.2 Å². The molecule has 0 radical (unpaired) electrons. The molecule has 4 unspecified atom stereocenters. The Hall–Kier alpha value is -1.67. The summed E-state index contributed by atoms with van der Waals surface area (Å²) in [6, 6.07) is 7.18. The molecule has 1 saturated carbocycles. The molecule has 14 nitrogen and oxygen atoms in total. The van der Waals surface area contributed by atoms with Crippen LogP contribution in [0.3, 0.4) is 0 Å². The Balaban J connectivity index is 1.13. The van der Waals surface area contributed by atoms with Gasteiger partial charge in [-0.1, -0.05) is 36.6 Å². The summed E-state index contributed by atoms with van der Waals surface area (Å²) < 4.78 is 56.4. The van der Waals surface area contributed by atoms with Crippen molar-refractivity contribution in [1.82, 2.24) is 19.6 Å². The first kappa shape index (κ1) is 32.3. The fraction of sp³-hybridized carbons (Fsp3) is 0.577. The minimum atomic E-state index is -4.08. The molecule has 2 aliphatic heterocycles. The fourth-order valence-corrected chi connectivity index (χ4v) is 10.7. The SMILES string of the molecule is COP(=O)(CP1(=O)OCC[C@@H](c2cccc(Cl)c2)O1)OC[C@H]1O[C@@H](c2cnc3c(NC4CCCC4)nc(Cl)nn23)C(O)C1O. The van der Waals surface area contributed by atoms with Crippen LogP contribution in [0.2, 0.25) is 10.3 Å². The lowest BCUT2D eigenvalue weighted by Crippen LogP contribution is -2.33. The Bertz CT molecular complexity index is 1590. The first-order valence-corrected chi connectivity index (χ1v) is 18.4. The standard InChI is InChI=1S/C26H33Cl2N5O9P2/c1-38-43(36,14-44(37)39-10-9-19(42-44)15-5-4-6-16(27)11-15)40-13-20-21(34)22(35)23(41-20)18-12-29-25-24(30-17-7-2-3-8-17)31-26(28)32-33(18)25/h4-6,11-12,17,19-23,34-35H,2-3,7-10,13-14H2,1H3,(H,30,31,32)/t19-,20+,21?,22?,23-,43?,44?/m0/s1. The van der Waals surface area contributed by atoms with Gasteiger partial charge in [0, 0.05) is 24.6 Å². The highest BCUT2D eigenvalue weighted by Crippen LogP contribution is 2.67. The number of hydrogen-bond acceptors (Lipinski definition) is 13. The van der Waals surface area contributed by atoms with Crippen molar-refractivity contribution in [2.24, 2.45) is 0 Å². The molecule has 3 aliphatic rings. The molecule has 6 rings (SSSR count). The Labute approximate surface area is 263 Å². The number of aliphatic hydroxyl groups is 2. The van der Waals surface area contributed by atoms with Gasteiger partial charge < -0.3 is 33.8 Å². The number of benzene rings is 1. The molecule has 4 heterocycles. The second kappa shape index (κ2) is 13.2. The fourth-order valence-electron chi connectivity index (χ4n) is 5.69. The summed E-state index contributed by atoms with van der Waals surface area (Å²) in [7, 11) is -6.87. The lowest BCUT2D eigenvalue weighted by molar-refractivity contribution is -0.0211. The molecule has 1 aliphatic carbocycles. The van der Waals surface area contributed by atoms with Crippen molar-refractivity contribution >= 4 is 49.9 Å². The summed E-state index contributed by atoms with van der Waals surface area (Å²) in [4.78, 5) is 8.71. The molecular weight excluding hydrogens is 659 g/mol. The molecular formula is C26H33Cl2N5O9P2. The van der Waals surface area contributed by atoms with Crippen molar-refractivity contribution in [3.63, 3.8) is 0 Å². The van der Waals surface area contributed by atoms with Crippen LogP contribution in [0.15, 0.2) is 30.5 Å². The number of aromatic nitrogens is 4. The number of aliphatic hydroxyl groups excluding tert-OH is 2. The topological polar surface area (TPSA) is 176 Å². The van der Waals surface area contributed by atoms with Gasteiger partial charge in [-0.15, -0.1) is 5.10 Å². The molecule has 2 aromatic heterocycles. The van der Waals surface area contributed by atoms with Crippen molar-refractivity contribution in [3.8, 4) is 0 Å². The minimum absolute atomic E-state index is 0.0363. The quantitative estimate of drug-likeness (QED) is 0.239. The summed E-state index contributed by atoms with van der Waals surface area (Å²) in [6.07, 6.45) is 0.467. The Kier molecular flexibility index (Phi) is 9.69. The smallest absolute Gasteiger partial charge is 0.343 e. The van der Waals surface area contributed by atoms with Crippen LogP contribution in [-0.4, -0.2) is 80.4 Å². The normalized spacial score (nSPS) is 31.0. The van der Waals surface area contributed by atoms with E-state index in [4.69, 9.17) is 46.0 Å². The van der Waals surface area contributed by atoms with Crippen LogP contribution < -0.4 is 5.32 Å². The molecule has 18 heteroatoms. The third-order valence-corrected chi connectivity index (χ3v) is 13.4. The zero-order valence-corrected chi connectivity index (χ0v) is 27.0. The van der Waals surface area contributed by atoms with Crippen LogP contribution in [0.25, 0.3) is 5.65 Å². The van der Waals surface area contributed by atoms with E-state index in [2.05, 4.69) is 20.4 Å². The first-order chi connectivity index (χ1) is 21.1. The van der Waals surface area contributed by atoms with Gasteiger partial charge in [0.25, 0.3) is 0 Å². The number of nitrogens with one attached hydrogen (secondary N) is 1. The maximum atomic E-state index is 13.5. The summed E-state index contributed by atoms with van der Waals surface area (Å²) in [5.41, 5.74) is 1.42. The molecule has 0 spiro atoms. The number of ether oxygens (including phenoxy) is 1. The number of halogens is 2. The highest BCUT2D eigenvalue weighted by Gasteiger charge is 2.48. The van der Waals surface area contributed by atoms with Crippen molar-refractivity contribution in [1.29, 1.82) is 0 Å². The van der Waals surface area contributed by atoms with Crippen molar-refractivity contribution in [2.45, 2.75) is 68.7 Å². The van der Waals surface area contributed by atoms with E-state index >= 15 is 0 Å². The Morgan fingerprint density at radius 3 is 2.75 bits per heavy atom. The van der Waals surface area contributed by atoms with Crippen LogP contribution in [0.5, 0.6) is 0 Å². The minimum Gasteiger partial charge on any atom is -0.387 e. The second-order valence-corrected chi connectivity index (χ2v) is 16.4. The number of hydrogen-bond donors (Lipinski definition) is 3. The van der Waals surface area contributed by atoms with E-state index in [9.17, 15) is 19.3 Å². The van der Waals surface area contributed by atoms with Crippen LogP contribution in [0.4, 0.5) is 5.82 Å². The average molecular weight is 692 g/mol. The Morgan fingerprint density at radius 2 is 2.00 bits per heavy atom. The number of anilines is 1. The number of nitrogens with zero attached hydrogens (tertiary/aromatic N) is 4. The monoisotopic (exact) mass is 691 g/mol. The highest BCUT2D eigenvalue weighted by molar-refractivity contribution is 7.71. The van der Waals surface area contributed by atoms with Gasteiger partial charge in [0.2, 0.25) is 5.28 Å². The predicted octanol–water partition coefficient (Wildman–Crippen LogP) is 5.13. The van der Waals surface area contributed by atoms with Gasteiger partial charge in [0.1, 0.15) is 24.4 Å². The predicted molar refractivity (Wildman–Crippen MR) is 160 cm³/mol. The average Bonchev–Trinajstić information content (AvgIpc) is 3.72. The van der Waals surface area contributed by atoms with Crippen LogP contribution >= 0.6 is 38.4 Å². The van der Waals surface area contributed by atoms with E-state index in [1.807, 2.05) is 0 Å². The molecule has 2 saturated heterocycles. The summed E-state index contributed by atoms with van der Waals surface area (Å²) in [6.45, 7) is -0.361. The van der Waals surface area contributed by atoms with E-state index in [-0.39, 0.29) is 17.9 Å². The number of rotatable bonds is 10. The maximum Gasteiger partial charge on any atom is 0.343 e. The molecule has 1 aromatic carbocycles. The zero-order chi connectivity index (χ0) is 31.1. The molecule has 240 valence electrons. The first-order valence-electron chi connectivity index (χ1n) is 14.2. The van der Waals surface area contributed by atoms with E-state index < -0.39 is 58.2 Å². The maximum absolute atomic E-state index is 13.5. The molecule has 3 fully saturated rings. The third kappa shape index (κ3) is 6.86. The van der Waals surface area contributed by atoms with Gasteiger partial charge in [-0.2, -0.15) is 4.98 Å². The molecule has 0 bridgehead atoms. The number of fused-ring (bicyclic) bond motifs is 1. The van der Waals surface area contributed by atoms with Gasteiger partial charge in [0.05, 0.1) is 31.2 Å². The molecule has 3 N–H and O–H groups in total. The van der Waals surface area contributed by atoms with E-state index in [0.29, 0.717) is 34.2 Å². The summed E-state index contributed by atoms with van der Waals surface area (Å²) >= 11 is 12.3. The lowest BCUT2D eigenvalue weighted by atomic mass is 10.1. The lowest BCUT2D eigenvalue weighted by Gasteiger charge is -2.31. The van der Waals surface area contributed by atoms with Gasteiger partial charge in [-0.25, -0.2) is 9.50 Å². The van der Waals surface area contributed by atoms with Crippen LogP contribution in [0.1, 0.15) is 55.6 Å². The van der Waals surface area contributed by atoms with Gasteiger partial charge in [0.15, 0.2) is 17.4 Å². The van der Waals surface area contributed by atoms with Crippen molar-refractivity contribution in [2.75, 3.05) is 31.5 Å². The van der Waals surface area contributed by atoms with Crippen molar-refractivity contribution in [3.05, 3.63) is 52.0 Å². The molecule has 3 aromatic rings. The molecule has 7 atom stereocenters. The van der Waals surface area contributed by atoms with E-state index in [1.165, 1.54) is 10.7 Å². The van der Waals surface area contributed by atoms with E-state index in [1.54, 1.807) is 24.3 Å². The largest absolute Gasteiger partial charge is 0.387 e. The molecule has 44 heavy (non-hydrogen) atoms. The zero-order valence-electron chi connectivity index (χ0n) is 23.7. The number of imidazole rings is 1. The molecule has 0 amide bonds. The third-order valence-electron chi connectivity index (χ3n) is 7.95. The summed E-state index contributed by atoms with van der Waals surface area (Å²) in [5, 5.41) is 29.8. The van der Waals surface area contributed by atoms with Gasteiger partial charge in [-0.05, 0) is 42.1 Å². The second-order valence-electron chi connectivity index (χ2n) is 11.0. The summed E-state index contributed by atoms with van der Waals surface area (Å²) in [5.74, 6) is -0.210. The van der Waals surface area contributed by atoms with Gasteiger partial charge >= 0.3 is 15.2 Å². The van der Waals surface area contributed by atoms with Gasteiger partial charge in [-0.3, -0.25) is 13.7 Å². The van der Waals surface area contributed by atoms with Crippen LogP contribution in [0, 0.1) is 0 Å². The Morgan fingerprint density at radius 1 is 1.20 bits per heavy atom.